The second kappa shape index (κ2) is 6.11. The molecule has 2 atom stereocenters. The van der Waals surface area contributed by atoms with Gasteiger partial charge in [0.15, 0.2) is 0 Å². The van der Waals surface area contributed by atoms with Crippen LogP contribution in [0.2, 0.25) is 0 Å². The highest BCUT2D eigenvalue weighted by molar-refractivity contribution is 5.76. The van der Waals surface area contributed by atoms with Crippen LogP contribution < -0.4 is 5.73 Å². The van der Waals surface area contributed by atoms with Crippen molar-refractivity contribution in [1.29, 1.82) is 0 Å². The van der Waals surface area contributed by atoms with Crippen LogP contribution in [0.4, 0.5) is 0 Å². The average molecular weight is 212 g/mol. The zero-order valence-corrected chi connectivity index (χ0v) is 10.0. The second-order valence-electron chi connectivity index (χ2n) is 4.73. The monoisotopic (exact) mass is 212 g/mol. The van der Waals surface area contributed by atoms with Gasteiger partial charge in [0.2, 0.25) is 5.91 Å². The molecule has 1 heterocycles. The van der Waals surface area contributed by atoms with E-state index >= 15 is 0 Å². The van der Waals surface area contributed by atoms with Gasteiger partial charge in [-0.25, -0.2) is 0 Å². The number of unbranched alkanes of at least 4 members (excludes halogenated alkanes) is 2. The number of amides is 1. The first kappa shape index (κ1) is 12.5. The third-order valence-electron chi connectivity index (χ3n) is 3.32. The number of nitrogens with two attached hydrogens (primary N) is 1. The highest BCUT2D eigenvalue weighted by atomic mass is 16.2. The SMILES string of the molecule is CCCCCC(=O)N1CCC(N)C(C)C1. The Morgan fingerprint density at radius 2 is 2.20 bits per heavy atom. The molecule has 0 radical (unpaired) electrons. The highest BCUT2D eigenvalue weighted by Crippen LogP contribution is 2.16. The first-order chi connectivity index (χ1) is 7.15. The first-order valence-electron chi connectivity index (χ1n) is 6.18. The van der Waals surface area contributed by atoms with Gasteiger partial charge in [-0.2, -0.15) is 0 Å². The number of rotatable bonds is 4. The topological polar surface area (TPSA) is 46.3 Å². The summed E-state index contributed by atoms with van der Waals surface area (Å²) in [5.41, 5.74) is 5.92. The molecule has 15 heavy (non-hydrogen) atoms. The normalized spacial score (nSPS) is 26.7. The predicted octanol–water partition coefficient (Wildman–Crippen LogP) is 1.76. The van der Waals surface area contributed by atoms with E-state index in [0.29, 0.717) is 11.8 Å². The van der Waals surface area contributed by atoms with Gasteiger partial charge in [-0.3, -0.25) is 4.79 Å². The second-order valence-corrected chi connectivity index (χ2v) is 4.73. The van der Waals surface area contributed by atoms with Crippen LogP contribution >= 0.6 is 0 Å². The minimum atomic E-state index is 0.282. The Balaban J connectivity index is 2.28. The molecule has 1 rings (SSSR count). The van der Waals surface area contributed by atoms with Gasteiger partial charge in [-0.1, -0.05) is 26.7 Å². The number of nitrogens with zero attached hydrogens (tertiary/aromatic N) is 1. The van der Waals surface area contributed by atoms with E-state index in [4.69, 9.17) is 5.73 Å². The third kappa shape index (κ3) is 3.82. The fourth-order valence-electron chi connectivity index (χ4n) is 2.07. The molecule has 88 valence electrons. The molecule has 3 nitrogen and oxygen atoms in total. The van der Waals surface area contributed by atoms with Crippen molar-refractivity contribution in [3.63, 3.8) is 0 Å². The van der Waals surface area contributed by atoms with Crippen LogP contribution in [0.3, 0.4) is 0 Å². The molecule has 0 saturated carbocycles. The van der Waals surface area contributed by atoms with Crippen LogP contribution in [-0.4, -0.2) is 29.9 Å². The van der Waals surface area contributed by atoms with Crippen molar-refractivity contribution in [3.8, 4) is 0 Å². The third-order valence-corrected chi connectivity index (χ3v) is 3.32. The summed E-state index contributed by atoms with van der Waals surface area (Å²) in [6, 6.07) is 0.282. The largest absolute Gasteiger partial charge is 0.342 e. The quantitative estimate of drug-likeness (QED) is 0.722. The Morgan fingerprint density at radius 3 is 2.80 bits per heavy atom. The predicted molar refractivity (Wildman–Crippen MR) is 62.5 cm³/mol. The van der Waals surface area contributed by atoms with Crippen LogP contribution in [0.1, 0.15) is 46.0 Å². The van der Waals surface area contributed by atoms with Crippen LogP contribution in [0.25, 0.3) is 0 Å². The van der Waals surface area contributed by atoms with Gasteiger partial charge in [0.1, 0.15) is 0 Å². The van der Waals surface area contributed by atoms with E-state index in [1.165, 1.54) is 6.42 Å². The molecule has 1 aliphatic rings. The molecule has 1 aliphatic heterocycles. The van der Waals surface area contributed by atoms with Gasteiger partial charge in [0.05, 0.1) is 0 Å². The maximum absolute atomic E-state index is 11.8. The van der Waals surface area contributed by atoms with Crippen LogP contribution in [0.5, 0.6) is 0 Å². The Kier molecular flexibility index (Phi) is 5.09. The van der Waals surface area contributed by atoms with Crippen molar-refractivity contribution in [2.45, 2.75) is 52.0 Å². The van der Waals surface area contributed by atoms with Gasteiger partial charge < -0.3 is 10.6 Å². The summed E-state index contributed by atoms with van der Waals surface area (Å²) in [7, 11) is 0. The lowest BCUT2D eigenvalue weighted by Gasteiger charge is -2.35. The van der Waals surface area contributed by atoms with E-state index in [1.54, 1.807) is 0 Å². The van der Waals surface area contributed by atoms with E-state index < -0.39 is 0 Å². The zero-order chi connectivity index (χ0) is 11.3. The van der Waals surface area contributed by atoms with E-state index in [0.717, 1.165) is 38.8 Å². The van der Waals surface area contributed by atoms with Crippen molar-refractivity contribution in [1.82, 2.24) is 4.90 Å². The molecule has 0 aromatic carbocycles. The molecule has 1 fully saturated rings. The Bertz CT molecular complexity index is 206. The summed E-state index contributed by atoms with van der Waals surface area (Å²) < 4.78 is 0. The lowest BCUT2D eigenvalue weighted by molar-refractivity contribution is -0.133. The van der Waals surface area contributed by atoms with Crippen molar-refractivity contribution < 1.29 is 4.79 Å². The summed E-state index contributed by atoms with van der Waals surface area (Å²) in [5, 5.41) is 0. The average Bonchev–Trinajstić information content (AvgIpc) is 2.22. The number of carbonyl (C=O) groups excluding carboxylic acids is 1. The van der Waals surface area contributed by atoms with Crippen molar-refractivity contribution in [2.75, 3.05) is 13.1 Å². The van der Waals surface area contributed by atoms with Crippen molar-refractivity contribution in [2.24, 2.45) is 11.7 Å². The summed E-state index contributed by atoms with van der Waals surface area (Å²) in [5.74, 6) is 0.774. The van der Waals surface area contributed by atoms with Crippen LogP contribution in [0, 0.1) is 5.92 Å². The molecule has 1 saturated heterocycles. The number of likely N-dealkylation sites (tertiary alicyclic amines) is 1. The minimum absolute atomic E-state index is 0.282. The lowest BCUT2D eigenvalue weighted by Crippen LogP contribution is -2.48. The van der Waals surface area contributed by atoms with Gasteiger partial charge >= 0.3 is 0 Å². The van der Waals surface area contributed by atoms with Gasteiger partial charge in [-0.15, -0.1) is 0 Å². The molecule has 0 aromatic heterocycles. The number of carbonyl (C=O) groups is 1. The van der Waals surface area contributed by atoms with Crippen LogP contribution in [0.15, 0.2) is 0 Å². The summed E-state index contributed by atoms with van der Waals surface area (Å²) in [4.78, 5) is 13.8. The highest BCUT2D eigenvalue weighted by Gasteiger charge is 2.25. The summed E-state index contributed by atoms with van der Waals surface area (Å²) in [6.45, 7) is 6.01. The molecule has 3 heteroatoms. The number of hydrogen-bond acceptors (Lipinski definition) is 2. The molecule has 0 aliphatic carbocycles. The molecular weight excluding hydrogens is 188 g/mol. The van der Waals surface area contributed by atoms with Gasteiger partial charge in [-0.05, 0) is 18.8 Å². The zero-order valence-electron chi connectivity index (χ0n) is 10.0. The fourth-order valence-corrected chi connectivity index (χ4v) is 2.07. The van der Waals surface area contributed by atoms with Gasteiger partial charge in [0.25, 0.3) is 0 Å². The van der Waals surface area contributed by atoms with Gasteiger partial charge in [0, 0.05) is 25.6 Å². The molecule has 0 bridgehead atoms. The number of piperidine rings is 1. The summed E-state index contributed by atoms with van der Waals surface area (Å²) in [6.07, 6.45) is 5.05. The Hall–Kier alpha value is -0.570. The Morgan fingerprint density at radius 1 is 1.47 bits per heavy atom. The maximum atomic E-state index is 11.8. The lowest BCUT2D eigenvalue weighted by atomic mass is 9.94. The smallest absolute Gasteiger partial charge is 0.222 e. The molecule has 0 spiro atoms. The molecule has 1 amide bonds. The Labute approximate surface area is 93.0 Å². The first-order valence-corrected chi connectivity index (χ1v) is 6.18. The van der Waals surface area contributed by atoms with E-state index in [2.05, 4.69) is 13.8 Å². The van der Waals surface area contributed by atoms with E-state index in [-0.39, 0.29) is 6.04 Å². The standard InChI is InChI=1S/C12H24N2O/c1-3-4-5-6-12(15)14-8-7-11(13)10(2)9-14/h10-11H,3-9,13H2,1-2H3. The van der Waals surface area contributed by atoms with Crippen molar-refractivity contribution in [3.05, 3.63) is 0 Å². The molecule has 2 N–H and O–H groups in total. The fraction of sp³-hybridized carbons (Fsp3) is 0.917. The van der Waals surface area contributed by atoms with Crippen molar-refractivity contribution >= 4 is 5.91 Å². The van der Waals surface area contributed by atoms with Crippen LogP contribution in [-0.2, 0) is 4.79 Å². The minimum Gasteiger partial charge on any atom is -0.342 e. The van der Waals surface area contributed by atoms with E-state index in [1.807, 2.05) is 4.90 Å². The molecule has 0 aromatic rings. The summed E-state index contributed by atoms with van der Waals surface area (Å²) >= 11 is 0. The molecular formula is C12H24N2O. The maximum Gasteiger partial charge on any atom is 0.222 e. The molecule has 2 unspecified atom stereocenters. The number of hydrogen-bond donors (Lipinski definition) is 1. The van der Waals surface area contributed by atoms with E-state index in [9.17, 15) is 4.79 Å².